The van der Waals surface area contributed by atoms with Gasteiger partial charge in [-0.1, -0.05) is 75.7 Å². The smallest absolute Gasteiger partial charge is 0.329 e. The number of fused-ring (bicyclic) bond motifs is 2. The SMILES string of the molecule is CC(=O)N[C@@H](CCC(N)=O)C(=O)N[C@@H]1C(=O)N[C@@H](CC(C)C)C(=O)N[C@H]2CC[C@@H](O)N(C2=O)C(Cc2ccccc2)C(=O)N(C)C(Cc2ccc(O)c(Cl)c2)C(=O)NC(C(C)C)C(=O)O[C@@H]1C. The maximum atomic E-state index is 15.0. The van der Waals surface area contributed by atoms with Gasteiger partial charge in [0.1, 0.15) is 60.4 Å². The third kappa shape index (κ3) is 14.6. The molecule has 0 saturated carbocycles. The van der Waals surface area contributed by atoms with E-state index in [2.05, 4.69) is 26.6 Å². The molecule has 366 valence electrons. The lowest BCUT2D eigenvalue weighted by atomic mass is 9.95. The number of carbonyl (C=O) groups is 9. The molecule has 67 heavy (non-hydrogen) atoms. The molecule has 0 aliphatic carbocycles. The summed E-state index contributed by atoms with van der Waals surface area (Å²) in [6.07, 6.45) is -4.10. The van der Waals surface area contributed by atoms with Crippen LogP contribution in [0.5, 0.6) is 5.75 Å². The summed E-state index contributed by atoms with van der Waals surface area (Å²) in [5, 5.41) is 34.6. The number of aliphatic hydroxyl groups excluding tert-OH is 1. The first-order chi connectivity index (χ1) is 31.5. The number of ether oxygens (including phenoxy) is 1. The van der Waals surface area contributed by atoms with Gasteiger partial charge in [0, 0.05) is 33.2 Å². The number of aromatic hydroxyl groups is 1. The van der Waals surface area contributed by atoms with Gasteiger partial charge >= 0.3 is 5.97 Å². The number of halogens is 1. The summed E-state index contributed by atoms with van der Waals surface area (Å²) in [7, 11) is 1.33. The Morgan fingerprint density at radius 1 is 0.881 bits per heavy atom. The standard InChI is InChI=1S/C46H63ClN8O12/c1-23(2)19-32-41(61)50-31-15-18-37(59)55(44(31)64)34(21-27-11-9-8-10-12-27)45(65)54(7)33(22-28-13-16-35(57)29(47)20-28)42(62)52-38(24(3)4)46(66)67-25(5)39(43(63)51-32)53-40(60)30(49-26(6)56)14-17-36(48)58/h8-13,16,20,23-25,30-34,37-39,57,59H,14-15,17-19,21-22H2,1-7H3,(H2,48,58)(H,49,56)(H,50,61)(H,51,63)(H,52,62)(H,53,60)/t25-,30+,31+,32+,33?,34?,37-,38?,39+/m1/s1. The second-order valence-corrected chi connectivity index (χ2v) is 18.2. The molecular weight excluding hydrogens is 892 g/mol. The van der Waals surface area contributed by atoms with Crippen LogP contribution < -0.4 is 32.3 Å². The zero-order chi connectivity index (χ0) is 49.9. The van der Waals surface area contributed by atoms with Crippen molar-refractivity contribution in [2.45, 2.75) is 141 Å². The van der Waals surface area contributed by atoms with Crippen molar-refractivity contribution in [3.8, 4) is 5.75 Å². The number of benzene rings is 2. The molecular formula is C46H63ClN8O12. The number of cyclic esters (lactones) is 1. The van der Waals surface area contributed by atoms with Gasteiger partial charge in [-0.2, -0.15) is 0 Å². The maximum absolute atomic E-state index is 15.0. The van der Waals surface area contributed by atoms with Crippen LogP contribution in [-0.2, 0) is 60.7 Å². The van der Waals surface area contributed by atoms with E-state index in [1.807, 2.05) is 0 Å². The van der Waals surface area contributed by atoms with Crippen LogP contribution in [0.1, 0.15) is 84.8 Å². The number of nitrogens with one attached hydrogen (secondary N) is 5. The van der Waals surface area contributed by atoms with Crippen molar-refractivity contribution in [1.82, 2.24) is 36.4 Å². The highest BCUT2D eigenvalue weighted by Crippen LogP contribution is 2.27. The summed E-state index contributed by atoms with van der Waals surface area (Å²) >= 11 is 6.26. The molecule has 2 saturated heterocycles. The van der Waals surface area contributed by atoms with Crippen molar-refractivity contribution >= 4 is 64.8 Å². The third-order valence-corrected chi connectivity index (χ3v) is 11.9. The molecule has 2 fully saturated rings. The molecule has 0 aromatic heterocycles. The number of hydrogen-bond donors (Lipinski definition) is 8. The summed E-state index contributed by atoms with van der Waals surface area (Å²) in [5.74, 6) is -8.87. The molecule has 20 nitrogen and oxygen atoms in total. The fourth-order valence-corrected chi connectivity index (χ4v) is 8.20. The fraction of sp³-hybridized carbons (Fsp3) is 0.543. The Morgan fingerprint density at radius 3 is 2.13 bits per heavy atom. The Hall–Kier alpha value is -6.28. The minimum Gasteiger partial charge on any atom is -0.506 e. The van der Waals surface area contributed by atoms with E-state index in [0.29, 0.717) is 11.1 Å². The van der Waals surface area contributed by atoms with E-state index in [9.17, 15) is 48.6 Å². The van der Waals surface area contributed by atoms with E-state index >= 15 is 4.79 Å². The van der Waals surface area contributed by atoms with Crippen LogP contribution in [0.3, 0.4) is 0 Å². The summed E-state index contributed by atoms with van der Waals surface area (Å²) in [6, 6.07) is 2.74. The molecule has 2 heterocycles. The largest absolute Gasteiger partial charge is 0.506 e. The number of likely N-dealkylation sites (N-methyl/N-ethyl adjacent to an activating group) is 1. The molecule has 0 radical (unpaired) electrons. The normalized spacial score (nSPS) is 25.2. The van der Waals surface area contributed by atoms with Gasteiger partial charge in [0.15, 0.2) is 0 Å². The lowest BCUT2D eigenvalue weighted by molar-refractivity contribution is -0.165. The van der Waals surface area contributed by atoms with Crippen molar-refractivity contribution in [1.29, 1.82) is 0 Å². The molecule has 2 aromatic carbocycles. The van der Waals surface area contributed by atoms with E-state index < -0.39 is 114 Å². The first-order valence-electron chi connectivity index (χ1n) is 22.2. The zero-order valence-corrected chi connectivity index (χ0v) is 39.5. The summed E-state index contributed by atoms with van der Waals surface area (Å²) in [6.45, 7) is 9.17. The van der Waals surface area contributed by atoms with Crippen molar-refractivity contribution in [3.05, 3.63) is 64.7 Å². The monoisotopic (exact) mass is 954 g/mol. The summed E-state index contributed by atoms with van der Waals surface area (Å²) in [5.41, 5.74) is 6.30. The average Bonchev–Trinajstić information content (AvgIpc) is 3.25. The number of amides is 8. The molecule has 4 rings (SSSR count). The Labute approximate surface area is 394 Å². The number of esters is 1. The van der Waals surface area contributed by atoms with Gasteiger partial charge in [0.25, 0.3) is 0 Å². The molecule has 21 heteroatoms. The number of hydrogen-bond acceptors (Lipinski definition) is 12. The number of phenolic OH excluding ortho intramolecular Hbond substituents is 1. The molecule has 9 N–H and O–H groups in total. The first kappa shape index (κ1) is 53.3. The molecule has 9 atom stereocenters. The molecule has 3 unspecified atom stereocenters. The fourth-order valence-electron chi connectivity index (χ4n) is 8.00. The zero-order valence-electron chi connectivity index (χ0n) is 38.7. The lowest BCUT2D eigenvalue weighted by Gasteiger charge is -2.43. The number of carbonyl (C=O) groups excluding carboxylic acids is 9. The summed E-state index contributed by atoms with van der Waals surface area (Å²) in [4.78, 5) is 127. The highest BCUT2D eigenvalue weighted by Gasteiger charge is 2.46. The quantitative estimate of drug-likeness (QED) is 0.126. The van der Waals surface area contributed by atoms with Gasteiger partial charge < -0.3 is 57.1 Å². The highest BCUT2D eigenvalue weighted by atomic mass is 35.5. The number of rotatable bonds is 13. The Bertz CT molecular complexity index is 2160. The molecule has 2 aromatic rings. The Balaban J connectivity index is 1.89. The number of nitrogens with zero attached hydrogens (tertiary/aromatic N) is 2. The van der Waals surface area contributed by atoms with Gasteiger partial charge in [-0.05, 0) is 67.7 Å². The van der Waals surface area contributed by atoms with Crippen molar-refractivity contribution in [2.24, 2.45) is 17.6 Å². The maximum Gasteiger partial charge on any atom is 0.329 e. The van der Waals surface area contributed by atoms with E-state index in [1.165, 1.54) is 32.2 Å². The van der Waals surface area contributed by atoms with Crippen LogP contribution in [0, 0.1) is 11.8 Å². The van der Waals surface area contributed by atoms with Crippen LogP contribution >= 0.6 is 11.6 Å². The summed E-state index contributed by atoms with van der Waals surface area (Å²) < 4.78 is 5.82. The molecule has 2 bridgehead atoms. The predicted molar refractivity (Wildman–Crippen MR) is 243 cm³/mol. The van der Waals surface area contributed by atoms with Crippen molar-refractivity contribution < 1.29 is 58.1 Å². The molecule has 0 spiro atoms. The predicted octanol–water partition coefficient (Wildman–Crippen LogP) is 0.324. The Kier molecular flexibility index (Phi) is 19.1. The second kappa shape index (κ2) is 24.0. The molecule has 2 aliphatic rings. The van der Waals surface area contributed by atoms with E-state index in [-0.39, 0.29) is 61.6 Å². The van der Waals surface area contributed by atoms with Crippen LogP contribution in [0.2, 0.25) is 5.02 Å². The lowest BCUT2D eigenvalue weighted by Crippen LogP contribution is -2.65. The van der Waals surface area contributed by atoms with E-state index in [0.717, 1.165) is 16.7 Å². The van der Waals surface area contributed by atoms with Crippen LogP contribution in [-0.4, -0.2) is 135 Å². The number of aliphatic hydroxyl groups is 1. The van der Waals surface area contributed by atoms with E-state index in [4.69, 9.17) is 22.1 Å². The Morgan fingerprint density at radius 2 is 1.54 bits per heavy atom. The topological polar surface area (TPSA) is 296 Å². The van der Waals surface area contributed by atoms with Crippen molar-refractivity contribution in [2.75, 3.05) is 7.05 Å². The number of phenols is 1. The number of primary amides is 1. The minimum absolute atomic E-state index is 0.0157. The van der Waals surface area contributed by atoms with Gasteiger partial charge in [-0.15, -0.1) is 0 Å². The molecule has 8 amide bonds. The van der Waals surface area contributed by atoms with Crippen LogP contribution in [0.15, 0.2) is 48.5 Å². The van der Waals surface area contributed by atoms with Crippen LogP contribution in [0.4, 0.5) is 0 Å². The second-order valence-electron chi connectivity index (χ2n) is 17.8. The van der Waals surface area contributed by atoms with Gasteiger partial charge in [0.2, 0.25) is 47.3 Å². The van der Waals surface area contributed by atoms with Gasteiger partial charge in [-0.25, -0.2) is 4.79 Å². The van der Waals surface area contributed by atoms with Gasteiger partial charge in [0.05, 0.1) is 5.02 Å². The van der Waals surface area contributed by atoms with E-state index in [1.54, 1.807) is 58.0 Å². The average molecular weight is 956 g/mol. The molecule has 2 aliphatic heterocycles. The number of piperidine rings is 1. The minimum atomic E-state index is -1.76. The van der Waals surface area contributed by atoms with Crippen LogP contribution in [0.25, 0.3) is 0 Å². The van der Waals surface area contributed by atoms with Crippen molar-refractivity contribution in [3.63, 3.8) is 0 Å². The van der Waals surface area contributed by atoms with Gasteiger partial charge in [-0.3, -0.25) is 38.4 Å². The number of nitrogens with two attached hydrogens (primary N) is 1. The highest BCUT2D eigenvalue weighted by molar-refractivity contribution is 6.32. The first-order valence-corrected chi connectivity index (χ1v) is 22.6. The third-order valence-electron chi connectivity index (χ3n) is 11.6.